The van der Waals surface area contributed by atoms with Gasteiger partial charge >= 0.3 is 5.97 Å². The van der Waals surface area contributed by atoms with Crippen molar-refractivity contribution in [2.45, 2.75) is 19.0 Å². The molecule has 21 heavy (non-hydrogen) atoms. The van der Waals surface area contributed by atoms with Crippen LogP contribution in [0.2, 0.25) is 0 Å². The highest BCUT2D eigenvalue weighted by atomic mass is 19.1. The first-order chi connectivity index (χ1) is 10.0. The second kappa shape index (κ2) is 5.09. The minimum atomic E-state index is -0.929. The molecule has 0 spiro atoms. The van der Waals surface area contributed by atoms with Gasteiger partial charge in [-0.3, -0.25) is 0 Å². The van der Waals surface area contributed by atoms with Crippen molar-refractivity contribution >= 4 is 11.7 Å². The van der Waals surface area contributed by atoms with Crippen LogP contribution in [0.15, 0.2) is 42.5 Å². The van der Waals surface area contributed by atoms with Crippen LogP contribution in [-0.4, -0.2) is 22.2 Å². The number of hydrogen-bond acceptors (Lipinski definition) is 3. The molecule has 4 nitrogen and oxygen atoms in total. The number of phenolic OH excluding ortho intramolecular Hbond substituents is 1. The maximum Gasteiger partial charge on any atom is 0.326 e. The number of nitrogens with zero attached hydrogens (tertiary/aromatic N) is 1. The van der Waals surface area contributed by atoms with Crippen LogP contribution < -0.4 is 4.90 Å². The Kier molecular flexibility index (Phi) is 3.25. The van der Waals surface area contributed by atoms with E-state index in [-0.39, 0.29) is 11.6 Å². The van der Waals surface area contributed by atoms with E-state index in [0.29, 0.717) is 18.5 Å². The van der Waals surface area contributed by atoms with Crippen LogP contribution in [0.25, 0.3) is 0 Å². The first kappa shape index (κ1) is 13.4. The van der Waals surface area contributed by atoms with E-state index in [4.69, 9.17) is 0 Å². The van der Waals surface area contributed by atoms with Gasteiger partial charge in [0.05, 0.1) is 0 Å². The molecule has 1 atom stereocenters. The summed E-state index contributed by atoms with van der Waals surface area (Å²) < 4.78 is 13.3. The SMILES string of the molecule is O=C(O)C1Cc2cc(O)ccc2N1Cc1cccc(F)c1. The van der Waals surface area contributed by atoms with E-state index in [2.05, 4.69) is 0 Å². The van der Waals surface area contributed by atoms with Gasteiger partial charge in [-0.05, 0) is 41.5 Å². The first-order valence-electron chi connectivity index (χ1n) is 6.60. The molecule has 0 radical (unpaired) electrons. The summed E-state index contributed by atoms with van der Waals surface area (Å²) >= 11 is 0. The molecular formula is C16H14FNO3. The Morgan fingerprint density at radius 3 is 2.81 bits per heavy atom. The molecule has 0 saturated heterocycles. The van der Waals surface area contributed by atoms with Gasteiger partial charge in [-0.1, -0.05) is 12.1 Å². The van der Waals surface area contributed by atoms with Crippen molar-refractivity contribution in [1.82, 2.24) is 0 Å². The fraction of sp³-hybridized carbons (Fsp3) is 0.188. The third-order valence-electron chi connectivity index (χ3n) is 3.69. The molecule has 1 aliphatic heterocycles. The quantitative estimate of drug-likeness (QED) is 0.910. The highest BCUT2D eigenvalue weighted by Crippen LogP contribution is 2.35. The molecule has 108 valence electrons. The molecule has 0 aromatic heterocycles. The molecule has 1 heterocycles. The number of carbonyl (C=O) groups is 1. The van der Waals surface area contributed by atoms with Crippen molar-refractivity contribution in [2.24, 2.45) is 0 Å². The molecule has 2 aromatic carbocycles. The Morgan fingerprint density at radius 1 is 1.29 bits per heavy atom. The van der Waals surface area contributed by atoms with E-state index in [1.54, 1.807) is 29.2 Å². The number of hydrogen-bond donors (Lipinski definition) is 2. The number of anilines is 1. The number of benzene rings is 2. The minimum absolute atomic E-state index is 0.116. The van der Waals surface area contributed by atoms with Crippen molar-refractivity contribution in [2.75, 3.05) is 4.90 Å². The molecule has 0 saturated carbocycles. The Bertz CT molecular complexity index is 702. The van der Waals surface area contributed by atoms with Crippen LogP contribution >= 0.6 is 0 Å². The molecule has 3 rings (SSSR count). The Balaban J connectivity index is 1.96. The maximum absolute atomic E-state index is 13.3. The predicted octanol–water partition coefficient (Wildman–Crippen LogP) is 2.55. The highest BCUT2D eigenvalue weighted by Gasteiger charge is 2.34. The van der Waals surface area contributed by atoms with Crippen LogP contribution in [0, 0.1) is 5.82 Å². The standard InChI is InChI=1S/C16H14FNO3/c17-12-3-1-2-10(6-12)9-18-14-5-4-13(19)7-11(14)8-15(18)16(20)21/h1-7,15,19H,8-9H2,(H,20,21). The van der Waals surface area contributed by atoms with Gasteiger partial charge in [0.15, 0.2) is 0 Å². The van der Waals surface area contributed by atoms with Gasteiger partial charge in [0, 0.05) is 18.7 Å². The van der Waals surface area contributed by atoms with Gasteiger partial charge in [0.2, 0.25) is 0 Å². The summed E-state index contributed by atoms with van der Waals surface area (Å²) in [5.74, 6) is -1.16. The Labute approximate surface area is 121 Å². The topological polar surface area (TPSA) is 60.8 Å². The molecule has 2 aromatic rings. The van der Waals surface area contributed by atoms with Gasteiger partial charge in [-0.2, -0.15) is 0 Å². The maximum atomic E-state index is 13.3. The van der Waals surface area contributed by atoms with Crippen molar-refractivity contribution in [3.05, 3.63) is 59.4 Å². The van der Waals surface area contributed by atoms with Gasteiger partial charge < -0.3 is 15.1 Å². The summed E-state index contributed by atoms with van der Waals surface area (Å²) in [7, 11) is 0. The molecular weight excluding hydrogens is 273 g/mol. The fourth-order valence-electron chi connectivity index (χ4n) is 2.75. The van der Waals surface area contributed by atoms with Crippen LogP contribution in [-0.2, 0) is 17.8 Å². The molecule has 1 unspecified atom stereocenters. The summed E-state index contributed by atoms with van der Waals surface area (Å²) in [6.45, 7) is 0.312. The predicted molar refractivity (Wildman–Crippen MR) is 75.8 cm³/mol. The number of fused-ring (bicyclic) bond motifs is 1. The van der Waals surface area contributed by atoms with Gasteiger partial charge in [-0.25, -0.2) is 9.18 Å². The summed E-state index contributed by atoms with van der Waals surface area (Å²) in [4.78, 5) is 13.2. The van der Waals surface area contributed by atoms with E-state index >= 15 is 0 Å². The number of halogens is 1. The number of phenols is 1. The number of aromatic hydroxyl groups is 1. The van der Waals surface area contributed by atoms with Crippen LogP contribution in [0.4, 0.5) is 10.1 Å². The molecule has 2 N–H and O–H groups in total. The smallest absolute Gasteiger partial charge is 0.326 e. The van der Waals surface area contributed by atoms with E-state index in [9.17, 15) is 19.4 Å². The second-order valence-electron chi connectivity index (χ2n) is 5.13. The molecule has 0 bridgehead atoms. The third-order valence-corrected chi connectivity index (χ3v) is 3.69. The van der Waals surface area contributed by atoms with Gasteiger partial charge in [0.25, 0.3) is 0 Å². The van der Waals surface area contributed by atoms with Crippen LogP contribution in [0.1, 0.15) is 11.1 Å². The van der Waals surface area contributed by atoms with Crippen molar-refractivity contribution in [3.8, 4) is 5.75 Å². The lowest BCUT2D eigenvalue weighted by molar-refractivity contribution is -0.138. The van der Waals surface area contributed by atoms with Crippen LogP contribution in [0.5, 0.6) is 5.75 Å². The van der Waals surface area contributed by atoms with E-state index < -0.39 is 12.0 Å². The van der Waals surface area contributed by atoms with Crippen molar-refractivity contribution in [3.63, 3.8) is 0 Å². The van der Waals surface area contributed by atoms with Crippen molar-refractivity contribution < 1.29 is 19.4 Å². The first-order valence-corrected chi connectivity index (χ1v) is 6.60. The number of carboxylic acids is 1. The summed E-state index contributed by atoms with van der Waals surface area (Å²) in [5, 5.41) is 18.9. The zero-order valence-corrected chi connectivity index (χ0v) is 11.2. The summed E-state index contributed by atoms with van der Waals surface area (Å²) in [6.07, 6.45) is 0.328. The normalized spacial score (nSPS) is 16.8. The largest absolute Gasteiger partial charge is 0.508 e. The Hall–Kier alpha value is -2.56. The summed E-state index contributed by atoms with van der Waals surface area (Å²) in [5.41, 5.74) is 2.27. The van der Waals surface area contributed by atoms with Gasteiger partial charge in [-0.15, -0.1) is 0 Å². The van der Waals surface area contributed by atoms with E-state index in [1.165, 1.54) is 18.2 Å². The average Bonchev–Trinajstić information content (AvgIpc) is 2.77. The van der Waals surface area contributed by atoms with E-state index in [0.717, 1.165) is 11.3 Å². The van der Waals surface area contributed by atoms with Crippen molar-refractivity contribution in [1.29, 1.82) is 0 Å². The highest BCUT2D eigenvalue weighted by molar-refractivity contribution is 5.82. The third kappa shape index (κ3) is 2.54. The lowest BCUT2D eigenvalue weighted by Gasteiger charge is -2.24. The van der Waals surface area contributed by atoms with Crippen LogP contribution in [0.3, 0.4) is 0 Å². The fourth-order valence-corrected chi connectivity index (χ4v) is 2.75. The summed E-state index contributed by atoms with van der Waals surface area (Å²) in [6, 6.07) is 10.2. The molecule has 0 aliphatic carbocycles. The van der Waals surface area contributed by atoms with Gasteiger partial charge in [0.1, 0.15) is 17.6 Å². The lowest BCUT2D eigenvalue weighted by atomic mass is 10.1. The minimum Gasteiger partial charge on any atom is -0.508 e. The Morgan fingerprint density at radius 2 is 2.10 bits per heavy atom. The number of aliphatic carboxylic acids is 1. The molecule has 0 amide bonds. The average molecular weight is 287 g/mol. The number of rotatable bonds is 3. The molecule has 1 aliphatic rings. The zero-order chi connectivity index (χ0) is 15.0. The molecule has 0 fully saturated rings. The number of carboxylic acid groups (broad SMARTS) is 1. The van der Waals surface area contributed by atoms with E-state index in [1.807, 2.05) is 0 Å². The lowest BCUT2D eigenvalue weighted by Crippen LogP contribution is -2.38. The second-order valence-corrected chi connectivity index (χ2v) is 5.13. The zero-order valence-electron chi connectivity index (χ0n) is 11.2. The molecule has 5 heteroatoms. The monoisotopic (exact) mass is 287 g/mol.